The van der Waals surface area contributed by atoms with Crippen molar-refractivity contribution in [2.45, 2.75) is 13.8 Å². The third-order valence-corrected chi connectivity index (χ3v) is 3.68. The molecule has 0 aliphatic rings. The van der Waals surface area contributed by atoms with Gasteiger partial charge in [-0.1, -0.05) is 18.2 Å². The van der Waals surface area contributed by atoms with Crippen LogP contribution < -0.4 is 11.1 Å². The molecule has 4 heteroatoms. The minimum Gasteiger partial charge on any atom is -0.398 e. The molecule has 0 heterocycles. The van der Waals surface area contributed by atoms with E-state index in [0.717, 1.165) is 15.6 Å². The molecule has 2 aromatic rings. The second-order valence-electron chi connectivity index (χ2n) is 4.46. The molecule has 19 heavy (non-hydrogen) atoms. The average molecular weight is 319 g/mol. The minimum absolute atomic E-state index is 0.114. The molecule has 1 amide bonds. The van der Waals surface area contributed by atoms with Crippen LogP contribution in [0.4, 0.5) is 11.4 Å². The van der Waals surface area contributed by atoms with Crippen LogP contribution in [0.1, 0.15) is 21.5 Å². The zero-order valence-corrected chi connectivity index (χ0v) is 12.4. The molecular weight excluding hydrogens is 304 g/mol. The lowest BCUT2D eigenvalue weighted by Crippen LogP contribution is -2.15. The molecule has 0 aliphatic heterocycles. The molecule has 0 aliphatic carbocycles. The Hall–Kier alpha value is -1.81. The van der Waals surface area contributed by atoms with Crippen molar-refractivity contribution in [3.8, 4) is 0 Å². The molecule has 0 bridgehead atoms. The lowest BCUT2D eigenvalue weighted by Gasteiger charge is -2.11. The molecule has 0 fully saturated rings. The highest BCUT2D eigenvalue weighted by Crippen LogP contribution is 2.24. The summed E-state index contributed by atoms with van der Waals surface area (Å²) in [7, 11) is 0. The maximum atomic E-state index is 12.3. The van der Waals surface area contributed by atoms with Gasteiger partial charge in [-0.05, 0) is 59.1 Å². The van der Waals surface area contributed by atoms with Gasteiger partial charge in [0.05, 0.1) is 0 Å². The van der Waals surface area contributed by atoms with E-state index in [9.17, 15) is 4.79 Å². The van der Waals surface area contributed by atoms with E-state index in [1.54, 1.807) is 6.07 Å². The largest absolute Gasteiger partial charge is 0.398 e. The first-order chi connectivity index (χ1) is 8.99. The Morgan fingerprint density at radius 2 is 1.79 bits per heavy atom. The monoisotopic (exact) mass is 318 g/mol. The van der Waals surface area contributed by atoms with Crippen molar-refractivity contribution < 1.29 is 4.79 Å². The average Bonchev–Trinajstić information content (AvgIpc) is 2.33. The zero-order chi connectivity index (χ0) is 14.0. The number of nitrogens with two attached hydrogens (primary N) is 1. The predicted molar refractivity (Wildman–Crippen MR) is 82.4 cm³/mol. The highest BCUT2D eigenvalue weighted by atomic mass is 79.9. The quantitative estimate of drug-likeness (QED) is 0.825. The highest BCUT2D eigenvalue weighted by Gasteiger charge is 2.12. The number of hydrogen-bond acceptors (Lipinski definition) is 2. The van der Waals surface area contributed by atoms with E-state index < -0.39 is 0 Å². The fraction of sp³-hybridized carbons (Fsp3) is 0.133. The molecule has 98 valence electrons. The number of carbonyl (C=O) groups excluding carboxylic acids is 1. The Bertz CT molecular complexity index is 618. The molecule has 3 N–H and O–H groups in total. The Labute approximate surface area is 121 Å². The van der Waals surface area contributed by atoms with E-state index in [-0.39, 0.29) is 5.91 Å². The zero-order valence-electron chi connectivity index (χ0n) is 10.8. The van der Waals surface area contributed by atoms with Gasteiger partial charge in [0, 0.05) is 21.4 Å². The van der Waals surface area contributed by atoms with Crippen LogP contribution in [0.5, 0.6) is 0 Å². The van der Waals surface area contributed by atoms with Crippen LogP contribution in [0.3, 0.4) is 0 Å². The number of benzene rings is 2. The van der Waals surface area contributed by atoms with Gasteiger partial charge >= 0.3 is 0 Å². The Kier molecular flexibility index (Phi) is 3.90. The summed E-state index contributed by atoms with van der Waals surface area (Å²) in [4.78, 5) is 12.3. The van der Waals surface area contributed by atoms with Crippen molar-refractivity contribution in [2.24, 2.45) is 0 Å². The third-order valence-electron chi connectivity index (χ3n) is 2.96. The van der Waals surface area contributed by atoms with Crippen molar-refractivity contribution >= 4 is 33.2 Å². The molecule has 0 spiro atoms. The minimum atomic E-state index is -0.114. The SMILES string of the molecule is Cc1cccc(C)c1C(=O)Nc1ccc(Br)c(N)c1. The van der Waals surface area contributed by atoms with Crippen LogP contribution in [0.15, 0.2) is 40.9 Å². The number of hydrogen-bond donors (Lipinski definition) is 2. The number of halogens is 1. The van der Waals surface area contributed by atoms with Crippen LogP contribution >= 0.6 is 15.9 Å². The summed E-state index contributed by atoms with van der Waals surface area (Å²) in [6.07, 6.45) is 0. The smallest absolute Gasteiger partial charge is 0.256 e. The van der Waals surface area contributed by atoms with Gasteiger partial charge in [-0.2, -0.15) is 0 Å². The standard InChI is InChI=1S/C15H15BrN2O/c1-9-4-3-5-10(2)14(9)15(19)18-11-6-7-12(16)13(17)8-11/h3-8H,17H2,1-2H3,(H,18,19). The van der Waals surface area contributed by atoms with Gasteiger partial charge in [-0.3, -0.25) is 4.79 Å². The van der Waals surface area contributed by atoms with Gasteiger partial charge in [0.25, 0.3) is 5.91 Å². The lowest BCUT2D eigenvalue weighted by molar-refractivity contribution is 0.102. The number of aryl methyl sites for hydroxylation is 2. The Morgan fingerprint density at radius 1 is 1.16 bits per heavy atom. The summed E-state index contributed by atoms with van der Waals surface area (Å²) < 4.78 is 0.817. The maximum Gasteiger partial charge on any atom is 0.256 e. The number of amides is 1. The van der Waals surface area contributed by atoms with Crippen molar-refractivity contribution in [1.29, 1.82) is 0 Å². The third kappa shape index (κ3) is 2.96. The van der Waals surface area contributed by atoms with Crippen LogP contribution in [-0.4, -0.2) is 5.91 Å². The van der Waals surface area contributed by atoms with Gasteiger partial charge in [-0.15, -0.1) is 0 Å². The molecule has 0 saturated heterocycles. The van der Waals surface area contributed by atoms with E-state index in [1.165, 1.54) is 0 Å². The lowest BCUT2D eigenvalue weighted by atomic mass is 10.0. The van der Waals surface area contributed by atoms with Crippen molar-refractivity contribution in [3.05, 3.63) is 57.6 Å². The Balaban J connectivity index is 2.28. The fourth-order valence-corrected chi connectivity index (χ4v) is 2.23. The molecule has 0 unspecified atom stereocenters. The van der Waals surface area contributed by atoms with Gasteiger partial charge in [0.15, 0.2) is 0 Å². The van der Waals surface area contributed by atoms with Gasteiger partial charge in [0.1, 0.15) is 0 Å². The molecule has 0 saturated carbocycles. The molecular formula is C15H15BrN2O. The summed E-state index contributed by atoms with van der Waals surface area (Å²) in [6, 6.07) is 11.2. The number of anilines is 2. The van der Waals surface area contributed by atoms with E-state index >= 15 is 0 Å². The van der Waals surface area contributed by atoms with Crippen molar-refractivity contribution in [1.82, 2.24) is 0 Å². The van der Waals surface area contributed by atoms with Crippen LogP contribution in [0.2, 0.25) is 0 Å². The van der Waals surface area contributed by atoms with E-state index in [1.807, 2.05) is 44.2 Å². The van der Waals surface area contributed by atoms with Gasteiger partial charge < -0.3 is 11.1 Å². The van der Waals surface area contributed by atoms with E-state index in [0.29, 0.717) is 16.9 Å². The first-order valence-electron chi connectivity index (χ1n) is 5.91. The second-order valence-corrected chi connectivity index (χ2v) is 5.31. The molecule has 0 aromatic heterocycles. The Morgan fingerprint density at radius 3 is 2.37 bits per heavy atom. The van der Waals surface area contributed by atoms with Crippen LogP contribution in [-0.2, 0) is 0 Å². The van der Waals surface area contributed by atoms with E-state index in [2.05, 4.69) is 21.2 Å². The number of nitrogen functional groups attached to an aromatic ring is 1. The van der Waals surface area contributed by atoms with E-state index in [4.69, 9.17) is 5.73 Å². The predicted octanol–water partition coefficient (Wildman–Crippen LogP) is 3.90. The second kappa shape index (κ2) is 5.45. The number of nitrogens with one attached hydrogen (secondary N) is 1. The summed E-state index contributed by atoms with van der Waals surface area (Å²) in [5, 5.41) is 2.87. The number of carbonyl (C=O) groups is 1. The molecule has 3 nitrogen and oxygen atoms in total. The molecule has 2 rings (SSSR count). The summed E-state index contributed by atoms with van der Waals surface area (Å²) in [5.74, 6) is -0.114. The number of rotatable bonds is 2. The topological polar surface area (TPSA) is 55.1 Å². The highest BCUT2D eigenvalue weighted by molar-refractivity contribution is 9.10. The normalized spacial score (nSPS) is 10.3. The summed E-state index contributed by atoms with van der Waals surface area (Å²) in [5.41, 5.74) is 9.72. The fourth-order valence-electron chi connectivity index (χ4n) is 1.99. The maximum absolute atomic E-state index is 12.3. The molecule has 0 radical (unpaired) electrons. The van der Waals surface area contributed by atoms with Crippen LogP contribution in [0, 0.1) is 13.8 Å². The van der Waals surface area contributed by atoms with Gasteiger partial charge in [0.2, 0.25) is 0 Å². The molecule has 0 atom stereocenters. The summed E-state index contributed by atoms with van der Waals surface area (Å²) >= 11 is 3.33. The first-order valence-corrected chi connectivity index (χ1v) is 6.71. The van der Waals surface area contributed by atoms with Gasteiger partial charge in [-0.25, -0.2) is 0 Å². The van der Waals surface area contributed by atoms with Crippen molar-refractivity contribution in [3.63, 3.8) is 0 Å². The molecule has 2 aromatic carbocycles. The van der Waals surface area contributed by atoms with Crippen LogP contribution in [0.25, 0.3) is 0 Å². The first kappa shape index (κ1) is 13.6. The summed E-state index contributed by atoms with van der Waals surface area (Å²) in [6.45, 7) is 3.86. The van der Waals surface area contributed by atoms with Crippen molar-refractivity contribution in [2.75, 3.05) is 11.1 Å².